The van der Waals surface area contributed by atoms with Crippen LogP contribution in [0.25, 0.3) is 0 Å². The average Bonchev–Trinajstić information content (AvgIpc) is 2.11. The predicted molar refractivity (Wildman–Crippen MR) is 63.1 cm³/mol. The van der Waals surface area contributed by atoms with Crippen molar-refractivity contribution in [1.29, 1.82) is 0 Å². The monoisotopic (exact) mass is 282 g/mol. The van der Waals surface area contributed by atoms with E-state index in [0.29, 0.717) is 0 Å². The zero-order chi connectivity index (χ0) is 14.6. The zero-order valence-corrected chi connectivity index (χ0v) is 11.5. The number of carbonyl (C=O) groups excluding carboxylic acids is 1. The van der Waals surface area contributed by atoms with E-state index in [-0.39, 0.29) is 6.61 Å². The van der Waals surface area contributed by atoms with Crippen molar-refractivity contribution >= 4 is 22.3 Å². The van der Waals surface area contributed by atoms with Gasteiger partial charge in [0.2, 0.25) is 0 Å². The second-order valence-corrected chi connectivity index (χ2v) is 6.03. The summed E-state index contributed by atoms with van der Waals surface area (Å²) in [4.78, 5) is 21.9. The van der Waals surface area contributed by atoms with Crippen LogP contribution in [0.4, 0.5) is 4.79 Å². The van der Waals surface area contributed by atoms with Gasteiger partial charge in [-0.3, -0.25) is 4.79 Å². The summed E-state index contributed by atoms with van der Waals surface area (Å²) in [6, 6.07) is -1.37. The molecule has 9 heteroatoms. The minimum absolute atomic E-state index is 0.00296. The van der Waals surface area contributed by atoms with Crippen molar-refractivity contribution in [2.24, 2.45) is 5.41 Å². The van der Waals surface area contributed by atoms with E-state index in [0.717, 1.165) is 0 Å². The maximum Gasteiger partial charge on any atom is 0.421 e. The Morgan fingerprint density at radius 3 is 2.17 bits per heavy atom. The van der Waals surface area contributed by atoms with Crippen LogP contribution < -0.4 is 9.44 Å². The lowest BCUT2D eigenvalue weighted by Gasteiger charge is -2.27. The van der Waals surface area contributed by atoms with E-state index in [2.05, 4.69) is 4.74 Å². The minimum atomic E-state index is -4.29. The quantitative estimate of drug-likeness (QED) is 0.655. The smallest absolute Gasteiger partial charge is 0.421 e. The molecule has 0 fully saturated rings. The molecular weight excluding hydrogens is 264 g/mol. The standard InChI is InChI=1S/C9H18N2O6S/c1-5-17-8(14)11-18(15,16)10-6(7(12)13)9(2,3)4/h6,10H,5H2,1-4H3,(H,11,14)(H,12,13). The maximum absolute atomic E-state index is 11.5. The average molecular weight is 282 g/mol. The van der Waals surface area contributed by atoms with E-state index >= 15 is 0 Å². The molecule has 18 heavy (non-hydrogen) atoms. The minimum Gasteiger partial charge on any atom is -0.480 e. The van der Waals surface area contributed by atoms with Gasteiger partial charge >= 0.3 is 22.3 Å². The fraction of sp³-hybridized carbons (Fsp3) is 0.778. The van der Waals surface area contributed by atoms with Gasteiger partial charge in [-0.25, -0.2) is 9.52 Å². The molecule has 0 aliphatic heterocycles. The first-order chi connectivity index (χ1) is 7.99. The van der Waals surface area contributed by atoms with Crippen molar-refractivity contribution in [1.82, 2.24) is 9.44 Å². The summed E-state index contributed by atoms with van der Waals surface area (Å²) < 4.78 is 30.8. The number of hydrogen-bond acceptors (Lipinski definition) is 5. The number of carboxylic acids is 1. The van der Waals surface area contributed by atoms with Crippen LogP contribution in [0.5, 0.6) is 0 Å². The summed E-state index contributed by atoms with van der Waals surface area (Å²) >= 11 is 0. The van der Waals surface area contributed by atoms with Crippen molar-refractivity contribution in [2.75, 3.05) is 6.61 Å². The van der Waals surface area contributed by atoms with Crippen molar-refractivity contribution in [3.63, 3.8) is 0 Å². The van der Waals surface area contributed by atoms with Crippen LogP contribution in [0, 0.1) is 5.41 Å². The van der Waals surface area contributed by atoms with E-state index in [1.54, 1.807) is 25.5 Å². The summed E-state index contributed by atoms with van der Waals surface area (Å²) in [5.74, 6) is -1.34. The molecule has 1 amide bonds. The highest BCUT2D eigenvalue weighted by atomic mass is 32.2. The molecule has 0 aliphatic rings. The van der Waals surface area contributed by atoms with Crippen molar-refractivity contribution in [3.8, 4) is 0 Å². The third-order valence-electron chi connectivity index (χ3n) is 1.88. The molecule has 0 saturated heterocycles. The second-order valence-electron chi connectivity index (χ2n) is 4.58. The molecular formula is C9H18N2O6S. The summed E-state index contributed by atoms with van der Waals surface area (Å²) in [6.07, 6.45) is -1.16. The molecule has 0 bridgehead atoms. The van der Waals surface area contributed by atoms with E-state index in [1.165, 1.54) is 6.92 Å². The zero-order valence-electron chi connectivity index (χ0n) is 10.7. The molecule has 0 spiro atoms. The molecule has 0 saturated carbocycles. The van der Waals surface area contributed by atoms with Crippen molar-refractivity contribution in [2.45, 2.75) is 33.7 Å². The largest absolute Gasteiger partial charge is 0.480 e. The lowest BCUT2D eigenvalue weighted by Crippen LogP contribution is -2.53. The predicted octanol–water partition coefficient (Wildman–Crippen LogP) is 0.0662. The Bertz CT molecular complexity index is 411. The van der Waals surface area contributed by atoms with Gasteiger partial charge in [-0.1, -0.05) is 20.8 Å². The Labute approximate surface area is 106 Å². The van der Waals surface area contributed by atoms with Crippen LogP contribution in [0.2, 0.25) is 0 Å². The van der Waals surface area contributed by atoms with Crippen LogP contribution in [0.15, 0.2) is 0 Å². The Kier molecular flexibility index (Phi) is 5.55. The van der Waals surface area contributed by atoms with E-state index < -0.39 is 33.7 Å². The summed E-state index contributed by atoms with van der Waals surface area (Å²) in [5.41, 5.74) is -0.852. The number of ether oxygens (including phenoxy) is 1. The Morgan fingerprint density at radius 1 is 1.33 bits per heavy atom. The van der Waals surface area contributed by atoms with Gasteiger partial charge < -0.3 is 9.84 Å². The summed E-state index contributed by atoms with van der Waals surface area (Å²) in [6.45, 7) is 6.17. The molecule has 0 rings (SSSR count). The number of carbonyl (C=O) groups is 2. The molecule has 8 nitrogen and oxygen atoms in total. The highest BCUT2D eigenvalue weighted by Crippen LogP contribution is 2.19. The summed E-state index contributed by atoms with van der Waals surface area (Å²) in [7, 11) is -4.29. The number of carboxylic acid groups (broad SMARTS) is 1. The van der Waals surface area contributed by atoms with Crippen LogP contribution in [-0.2, 0) is 19.7 Å². The van der Waals surface area contributed by atoms with Gasteiger partial charge in [-0.15, -0.1) is 0 Å². The fourth-order valence-corrected chi connectivity index (χ4v) is 2.15. The van der Waals surface area contributed by atoms with Gasteiger partial charge in [0.25, 0.3) is 0 Å². The van der Waals surface area contributed by atoms with Gasteiger partial charge in [0.05, 0.1) is 6.61 Å². The lowest BCUT2D eigenvalue weighted by molar-refractivity contribution is -0.141. The topological polar surface area (TPSA) is 122 Å². The number of amides is 1. The number of rotatable bonds is 5. The highest BCUT2D eigenvalue weighted by molar-refractivity contribution is 7.88. The Hall–Kier alpha value is -1.35. The third-order valence-corrected chi connectivity index (χ3v) is 2.86. The van der Waals surface area contributed by atoms with Crippen LogP contribution in [-0.4, -0.2) is 38.2 Å². The van der Waals surface area contributed by atoms with E-state index in [4.69, 9.17) is 5.11 Å². The van der Waals surface area contributed by atoms with Gasteiger partial charge in [0.15, 0.2) is 0 Å². The van der Waals surface area contributed by atoms with Crippen molar-refractivity contribution < 1.29 is 27.9 Å². The third kappa shape index (κ3) is 5.82. The van der Waals surface area contributed by atoms with Crippen LogP contribution >= 0.6 is 0 Å². The Morgan fingerprint density at radius 2 is 1.83 bits per heavy atom. The van der Waals surface area contributed by atoms with Crippen molar-refractivity contribution in [3.05, 3.63) is 0 Å². The molecule has 106 valence electrons. The lowest BCUT2D eigenvalue weighted by atomic mass is 9.88. The first-order valence-corrected chi connectivity index (χ1v) is 6.67. The number of hydrogen-bond donors (Lipinski definition) is 3. The molecule has 0 aromatic carbocycles. The fourth-order valence-electron chi connectivity index (χ4n) is 1.05. The van der Waals surface area contributed by atoms with Gasteiger partial charge in [0.1, 0.15) is 6.04 Å². The molecule has 0 radical (unpaired) electrons. The van der Waals surface area contributed by atoms with Crippen LogP contribution in [0.3, 0.4) is 0 Å². The second kappa shape index (κ2) is 6.01. The molecule has 0 heterocycles. The molecule has 0 aromatic heterocycles. The Balaban J connectivity index is 4.84. The highest BCUT2D eigenvalue weighted by Gasteiger charge is 2.35. The molecule has 3 N–H and O–H groups in total. The molecule has 1 atom stereocenters. The van der Waals surface area contributed by atoms with Gasteiger partial charge in [0, 0.05) is 0 Å². The first-order valence-electron chi connectivity index (χ1n) is 5.19. The number of aliphatic carboxylic acids is 1. The number of nitrogens with one attached hydrogen (secondary N) is 2. The summed E-state index contributed by atoms with van der Waals surface area (Å²) in [5, 5.41) is 8.94. The molecule has 1 unspecified atom stereocenters. The first kappa shape index (κ1) is 16.6. The maximum atomic E-state index is 11.5. The van der Waals surface area contributed by atoms with Crippen LogP contribution in [0.1, 0.15) is 27.7 Å². The molecule has 0 aromatic rings. The normalized spacial score (nSPS) is 13.8. The van der Waals surface area contributed by atoms with Gasteiger partial charge in [-0.05, 0) is 12.3 Å². The van der Waals surface area contributed by atoms with Gasteiger partial charge in [-0.2, -0.15) is 13.1 Å². The van der Waals surface area contributed by atoms with E-state index in [9.17, 15) is 18.0 Å². The SMILES string of the molecule is CCOC(=O)NS(=O)(=O)NC(C(=O)O)C(C)(C)C. The molecule has 0 aliphatic carbocycles. The van der Waals surface area contributed by atoms with E-state index in [1.807, 2.05) is 4.72 Å².